The molecule has 4 rings (SSSR count). The third-order valence-corrected chi connectivity index (χ3v) is 5.04. The van der Waals surface area contributed by atoms with Crippen molar-refractivity contribution >= 4 is 45.7 Å². The predicted octanol–water partition coefficient (Wildman–Crippen LogP) is 4.57. The normalized spacial score (nSPS) is 10.6. The summed E-state index contributed by atoms with van der Waals surface area (Å²) in [6, 6.07) is 18.6. The number of benzene rings is 2. The van der Waals surface area contributed by atoms with Gasteiger partial charge in [-0.25, -0.2) is 14.6 Å². The number of aromatic nitrogens is 4. The molecule has 2 heterocycles. The highest BCUT2D eigenvalue weighted by molar-refractivity contribution is 14.1. The van der Waals surface area contributed by atoms with Gasteiger partial charge in [0.1, 0.15) is 11.6 Å². The van der Waals surface area contributed by atoms with Crippen LogP contribution in [0.15, 0.2) is 73.1 Å². The average molecular weight is 496 g/mol. The molecule has 0 unspecified atom stereocenters. The van der Waals surface area contributed by atoms with Crippen molar-refractivity contribution in [3.05, 3.63) is 88.0 Å². The SMILES string of the molecule is Cc1nc(Nc2ccc(NC(=O)c3ccccc3I)cc2)cc(-n2cccn2)n1. The maximum absolute atomic E-state index is 12.4. The van der Waals surface area contributed by atoms with Crippen molar-refractivity contribution in [1.29, 1.82) is 0 Å². The quantitative estimate of drug-likeness (QED) is 0.396. The van der Waals surface area contributed by atoms with Gasteiger partial charge in [0.2, 0.25) is 0 Å². The van der Waals surface area contributed by atoms with Crippen LogP contribution in [0.25, 0.3) is 5.82 Å². The molecule has 0 aliphatic heterocycles. The second-order valence-corrected chi connectivity index (χ2v) is 7.41. The lowest BCUT2D eigenvalue weighted by Gasteiger charge is -2.10. The molecule has 2 aromatic carbocycles. The van der Waals surface area contributed by atoms with E-state index in [2.05, 4.69) is 48.3 Å². The van der Waals surface area contributed by atoms with Crippen LogP contribution in [0.1, 0.15) is 16.2 Å². The molecule has 2 N–H and O–H groups in total. The Bertz CT molecular complexity index is 1140. The Morgan fingerprint density at radius 2 is 1.76 bits per heavy atom. The maximum Gasteiger partial charge on any atom is 0.256 e. The molecule has 0 atom stereocenters. The van der Waals surface area contributed by atoms with E-state index in [1.165, 1.54) is 0 Å². The van der Waals surface area contributed by atoms with Gasteiger partial charge >= 0.3 is 0 Å². The van der Waals surface area contributed by atoms with E-state index in [0.717, 1.165) is 14.9 Å². The first kappa shape index (κ1) is 19.1. The summed E-state index contributed by atoms with van der Waals surface area (Å²) in [4.78, 5) is 21.3. The van der Waals surface area contributed by atoms with Gasteiger partial charge in [0.05, 0.1) is 5.56 Å². The molecule has 0 spiro atoms. The van der Waals surface area contributed by atoms with Crippen LogP contribution in [0.5, 0.6) is 0 Å². The first-order valence-corrected chi connectivity index (χ1v) is 9.95. The zero-order chi connectivity index (χ0) is 20.2. The van der Waals surface area contributed by atoms with E-state index in [4.69, 9.17) is 0 Å². The minimum Gasteiger partial charge on any atom is -0.340 e. The van der Waals surface area contributed by atoms with E-state index in [9.17, 15) is 4.79 Å². The number of hydrogen-bond donors (Lipinski definition) is 2. The Kier molecular flexibility index (Phi) is 5.52. The topological polar surface area (TPSA) is 84.7 Å². The molecule has 0 radical (unpaired) electrons. The molecular weight excluding hydrogens is 479 g/mol. The molecule has 4 aromatic rings. The van der Waals surface area contributed by atoms with Crippen LogP contribution in [-0.4, -0.2) is 25.7 Å². The molecule has 0 bridgehead atoms. The monoisotopic (exact) mass is 496 g/mol. The smallest absolute Gasteiger partial charge is 0.256 e. The third kappa shape index (κ3) is 4.60. The molecule has 7 nitrogen and oxygen atoms in total. The van der Waals surface area contributed by atoms with Gasteiger partial charge in [-0.3, -0.25) is 4.79 Å². The molecule has 144 valence electrons. The van der Waals surface area contributed by atoms with Crippen molar-refractivity contribution in [2.75, 3.05) is 10.6 Å². The van der Waals surface area contributed by atoms with Crippen molar-refractivity contribution in [2.45, 2.75) is 6.92 Å². The number of carbonyl (C=O) groups is 1. The summed E-state index contributed by atoms with van der Waals surface area (Å²) in [5.41, 5.74) is 2.22. The second-order valence-electron chi connectivity index (χ2n) is 6.25. The Hall–Kier alpha value is -3.27. The summed E-state index contributed by atoms with van der Waals surface area (Å²) >= 11 is 2.16. The summed E-state index contributed by atoms with van der Waals surface area (Å²) in [5.74, 6) is 1.86. The van der Waals surface area contributed by atoms with Gasteiger partial charge in [-0.15, -0.1) is 0 Å². The zero-order valence-corrected chi connectivity index (χ0v) is 17.7. The van der Waals surface area contributed by atoms with Crippen LogP contribution < -0.4 is 10.6 Å². The molecule has 1 amide bonds. The number of carbonyl (C=O) groups excluding carboxylic acids is 1. The molecule has 0 aliphatic carbocycles. The zero-order valence-electron chi connectivity index (χ0n) is 15.5. The number of nitrogens with zero attached hydrogens (tertiary/aromatic N) is 4. The highest BCUT2D eigenvalue weighted by Crippen LogP contribution is 2.20. The average Bonchev–Trinajstić information content (AvgIpc) is 3.24. The van der Waals surface area contributed by atoms with Crippen molar-refractivity contribution in [2.24, 2.45) is 0 Å². The molecule has 2 aromatic heterocycles. The highest BCUT2D eigenvalue weighted by atomic mass is 127. The highest BCUT2D eigenvalue weighted by Gasteiger charge is 2.10. The summed E-state index contributed by atoms with van der Waals surface area (Å²) in [7, 11) is 0. The van der Waals surface area contributed by atoms with Gasteiger partial charge in [-0.05, 0) is 72.0 Å². The number of hydrogen-bond acceptors (Lipinski definition) is 5. The first-order chi connectivity index (χ1) is 14.1. The molecular formula is C21H17IN6O. The van der Waals surface area contributed by atoms with E-state index < -0.39 is 0 Å². The van der Waals surface area contributed by atoms with Crippen LogP contribution in [0.2, 0.25) is 0 Å². The third-order valence-electron chi connectivity index (χ3n) is 4.10. The van der Waals surface area contributed by atoms with Crippen LogP contribution in [0, 0.1) is 10.5 Å². The number of rotatable bonds is 5. The Morgan fingerprint density at radius 3 is 2.48 bits per heavy atom. The lowest BCUT2D eigenvalue weighted by Crippen LogP contribution is -2.13. The van der Waals surface area contributed by atoms with E-state index in [1.807, 2.05) is 73.8 Å². The van der Waals surface area contributed by atoms with Crippen LogP contribution >= 0.6 is 22.6 Å². The minimum atomic E-state index is -0.133. The van der Waals surface area contributed by atoms with Gasteiger partial charge in [0.15, 0.2) is 5.82 Å². The summed E-state index contributed by atoms with van der Waals surface area (Å²) in [6.07, 6.45) is 3.53. The second kappa shape index (κ2) is 8.39. The van der Waals surface area contributed by atoms with Crippen molar-refractivity contribution < 1.29 is 4.79 Å². The molecule has 0 fully saturated rings. The number of aryl methyl sites for hydroxylation is 1. The standard InChI is InChI=1S/C21H17IN6O/c1-14-24-19(13-20(25-14)28-12-4-11-23-28)26-15-7-9-16(10-8-15)27-21(29)17-5-2-3-6-18(17)22/h2-13H,1H3,(H,27,29)(H,24,25,26). The van der Waals surface area contributed by atoms with Crippen LogP contribution in [-0.2, 0) is 0 Å². The number of amides is 1. The van der Waals surface area contributed by atoms with E-state index in [-0.39, 0.29) is 5.91 Å². The molecule has 0 saturated carbocycles. The first-order valence-electron chi connectivity index (χ1n) is 8.87. The van der Waals surface area contributed by atoms with Crippen molar-refractivity contribution in [3.63, 3.8) is 0 Å². The van der Waals surface area contributed by atoms with E-state index in [1.54, 1.807) is 10.9 Å². The fourth-order valence-corrected chi connectivity index (χ4v) is 3.40. The fraction of sp³-hybridized carbons (Fsp3) is 0.0476. The van der Waals surface area contributed by atoms with Crippen LogP contribution in [0.4, 0.5) is 17.2 Å². The molecule has 29 heavy (non-hydrogen) atoms. The lowest BCUT2D eigenvalue weighted by atomic mass is 10.2. The molecule has 8 heteroatoms. The minimum absolute atomic E-state index is 0.133. The van der Waals surface area contributed by atoms with Gasteiger partial charge in [0.25, 0.3) is 5.91 Å². The molecule has 0 aliphatic rings. The fourth-order valence-electron chi connectivity index (χ4n) is 2.77. The summed E-state index contributed by atoms with van der Waals surface area (Å²) in [5, 5.41) is 10.4. The van der Waals surface area contributed by atoms with Gasteiger partial charge in [0, 0.05) is 33.4 Å². The van der Waals surface area contributed by atoms with E-state index >= 15 is 0 Å². The summed E-state index contributed by atoms with van der Waals surface area (Å²) in [6.45, 7) is 1.84. The number of nitrogens with one attached hydrogen (secondary N) is 2. The Morgan fingerprint density at radius 1 is 1.00 bits per heavy atom. The number of anilines is 3. The predicted molar refractivity (Wildman–Crippen MR) is 121 cm³/mol. The van der Waals surface area contributed by atoms with E-state index in [0.29, 0.717) is 23.0 Å². The lowest BCUT2D eigenvalue weighted by molar-refractivity contribution is 0.102. The van der Waals surface area contributed by atoms with Crippen molar-refractivity contribution in [3.8, 4) is 5.82 Å². The Labute approximate surface area is 181 Å². The number of halogens is 1. The van der Waals surface area contributed by atoms with Crippen LogP contribution in [0.3, 0.4) is 0 Å². The molecule has 0 saturated heterocycles. The maximum atomic E-state index is 12.4. The van der Waals surface area contributed by atoms with Gasteiger partial charge in [-0.2, -0.15) is 5.10 Å². The largest absolute Gasteiger partial charge is 0.340 e. The van der Waals surface area contributed by atoms with Crippen molar-refractivity contribution in [1.82, 2.24) is 19.7 Å². The Balaban J connectivity index is 1.48. The van der Waals surface area contributed by atoms with Gasteiger partial charge < -0.3 is 10.6 Å². The summed E-state index contributed by atoms with van der Waals surface area (Å²) < 4.78 is 2.59. The van der Waals surface area contributed by atoms with Gasteiger partial charge in [-0.1, -0.05) is 12.1 Å².